The molecule has 0 bridgehead atoms. The Morgan fingerprint density at radius 2 is 1.61 bits per heavy atom. The minimum Gasteiger partial charge on any atom is -0.371 e. The fourth-order valence-electron chi connectivity index (χ4n) is 5.79. The number of benzene rings is 1. The minimum absolute atomic E-state index is 0. The number of halogens is 1. The first-order valence-corrected chi connectivity index (χ1v) is 11.3. The van der Waals surface area contributed by atoms with Gasteiger partial charge in [0.1, 0.15) is 6.04 Å². The Labute approximate surface area is 189 Å². The number of rotatable bonds is 3. The Bertz CT molecular complexity index is 862. The van der Waals surface area contributed by atoms with Crippen LogP contribution in [0.15, 0.2) is 18.2 Å². The van der Waals surface area contributed by atoms with Gasteiger partial charge in [-0.15, -0.1) is 12.4 Å². The molecule has 7 nitrogen and oxygen atoms in total. The Morgan fingerprint density at radius 3 is 2.32 bits per heavy atom. The molecule has 4 aliphatic rings. The standard InChI is InChI=1S/C23H30N4O3.ClH/c28-21-5-4-20(22(29)25-21)27-14-18-17(23(27)30)2-1-3-19(18)26-12-8-16(9-13-26)15-6-10-24-11-7-15;/h1-3,15-16,20,24H,4-14H2,(H,25,28,29);1H. The summed E-state index contributed by atoms with van der Waals surface area (Å²) < 4.78 is 0. The fraction of sp³-hybridized carbons (Fsp3) is 0.609. The summed E-state index contributed by atoms with van der Waals surface area (Å²) in [5, 5.41) is 5.84. The van der Waals surface area contributed by atoms with E-state index in [0.717, 1.165) is 49.3 Å². The van der Waals surface area contributed by atoms with Crippen molar-refractivity contribution < 1.29 is 14.4 Å². The second-order valence-electron chi connectivity index (χ2n) is 9.12. The molecule has 168 valence electrons. The number of anilines is 1. The molecule has 3 fully saturated rings. The van der Waals surface area contributed by atoms with Crippen LogP contribution in [0.2, 0.25) is 0 Å². The zero-order valence-electron chi connectivity index (χ0n) is 17.8. The summed E-state index contributed by atoms with van der Waals surface area (Å²) in [7, 11) is 0. The van der Waals surface area contributed by atoms with Gasteiger partial charge in [-0.2, -0.15) is 0 Å². The second kappa shape index (κ2) is 9.17. The highest BCUT2D eigenvalue weighted by Crippen LogP contribution is 2.37. The normalized spacial score (nSPS) is 25.3. The molecule has 4 heterocycles. The lowest BCUT2D eigenvalue weighted by molar-refractivity contribution is -0.136. The van der Waals surface area contributed by atoms with Crippen LogP contribution in [0.4, 0.5) is 5.69 Å². The molecule has 8 heteroatoms. The molecule has 1 atom stereocenters. The zero-order valence-corrected chi connectivity index (χ0v) is 18.6. The van der Waals surface area contributed by atoms with Crippen LogP contribution in [-0.4, -0.2) is 54.8 Å². The topological polar surface area (TPSA) is 81.8 Å². The van der Waals surface area contributed by atoms with E-state index in [1.54, 1.807) is 4.90 Å². The Balaban J connectivity index is 0.00000231. The Hall–Kier alpha value is -2.12. The van der Waals surface area contributed by atoms with Crippen LogP contribution in [0.1, 0.15) is 54.4 Å². The van der Waals surface area contributed by atoms with E-state index in [0.29, 0.717) is 18.5 Å². The Kier molecular flexibility index (Phi) is 6.53. The quantitative estimate of drug-likeness (QED) is 0.695. The first kappa shape index (κ1) is 22.1. The van der Waals surface area contributed by atoms with Gasteiger partial charge in [0.15, 0.2) is 0 Å². The maximum absolute atomic E-state index is 13.1. The molecule has 3 amide bonds. The smallest absolute Gasteiger partial charge is 0.255 e. The molecule has 0 aliphatic carbocycles. The Morgan fingerprint density at radius 1 is 0.903 bits per heavy atom. The number of hydrogen-bond acceptors (Lipinski definition) is 5. The predicted molar refractivity (Wildman–Crippen MR) is 120 cm³/mol. The number of amides is 3. The summed E-state index contributed by atoms with van der Waals surface area (Å²) in [5.41, 5.74) is 2.88. The maximum Gasteiger partial charge on any atom is 0.255 e. The summed E-state index contributed by atoms with van der Waals surface area (Å²) in [6, 6.07) is 5.39. The van der Waals surface area contributed by atoms with Crippen molar-refractivity contribution in [2.24, 2.45) is 11.8 Å². The van der Waals surface area contributed by atoms with Crippen molar-refractivity contribution in [2.75, 3.05) is 31.1 Å². The highest BCUT2D eigenvalue weighted by molar-refractivity contribution is 6.06. The van der Waals surface area contributed by atoms with Gasteiger partial charge in [-0.3, -0.25) is 19.7 Å². The second-order valence-corrected chi connectivity index (χ2v) is 9.12. The van der Waals surface area contributed by atoms with Gasteiger partial charge in [0.2, 0.25) is 11.8 Å². The van der Waals surface area contributed by atoms with E-state index in [9.17, 15) is 14.4 Å². The average Bonchev–Trinajstić information content (AvgIpc) is 3.11. The third-order valence-corrected chi connectivity index (χ3v) is 7.49. The van der Waals surface area contributed by atoms with E-state index >= 15 is 0 Å². The van der Waals surface area contributed by atoms with E-state index in [2.05, 4.69) is 21.6 Å². The summed E-state index contributed by atoms with van der Waals surface area (Å²) >= 11 is 0. The monoisotopic (exact) mass is 446 g/mol. The predicted octanol–water partition coefficient (Wildman–Crippen LogP) is 2.09. The largest absolute Gasteiger partial charge is 0.371 e. The van der Waals surface area contributed by atoms with Gasteiger partial charge >= 0.3 is 0 Å². The summed E-state index contributed by atoms with van der Waals surface area (Å²) in [6.45, 7) is 4.80. The van der Waals surface area contributed by atoms with Crippen molar-refractivity contribution in [2.45, 2.75) is 51.1 Å². The van der Waals surface area contributed by atoms with E-state index < -0.39 is 6.04 Å². The lowest BCUT2D eigenvalue weighted by atomic mass is 9.79. The van der Waals surface area contributed by atoms with Gasteiger partial charge in [-0.25, -0.2) is 0 Å². The van der Waals surface area contributed by atoms with Crippen molar-refractivity contribution in [1.82, 2.24) is 15.5 Å². The van der Waals surface area contributed by atoms with Crippen LogP contribution in [-0.2, 0) is 16.1 Å². The molecule has 31 heavy (non-hydrogen) atoms. The van der Waals surface area contributed by atoms with Gasteiger partial charge in [-0.1, -0.05) is 6.07 Å². The summed E-state index contributed by atoms with van der Waals surface area (Å²) in [5.74, 6) is 0.960. The lowest BCUT2D eigenvalue weighted by Gasteiger charge is -2.39. The van der Waals surface area contributed by atoms with Crippen LogP contribution in [0.25, 0.3) is 0 Å². The van der Waals surface area contributed by atoms with Crippen LogP contribution >= 0.6 is 12.4 Å². The molecular weight excluding hydrogens is 416 g/mol. The van der Waals surface area contributed by atoms with Gasteiger partial charge in [0.25, 0.3) is 5.91 Å². The van der Waals surface area contributed by atoms with Crippen molar-refractivity contribution >= 4 is 35.8 Å². The number of nitrogens with one attached hydrogen (secondary N) is 2. The molecular formula is C23H31ClN4O3. The number of imide groups is 1. The SMILES string of the molecule is Cl.O=C1CCC(N2Cc3c(cccc3N3CCC(C4CCNCC4)CC3)C2=O)C(=O)N1. The van der Waals surface area contributed by atoms with Crippen LogP contribution in [0.3, 0.4) is 0 Å². The molecule has 4 aliphatic heterocycles. The van der Waals surface area contributed by atoms with E-state index in [-0.39, 0.29) is 36.5 Å². The van der Waals surface area contributed by atoms with Crippen molar-refractivity contribution in [1.29, 1.82) is 0 Å². The number of fused-ring (bicyclic) bond motifs is 1. The highest BCUT2D eigenvalue weighted by Gasteiger charge is 2.40. The number of hydrogen-bond donors (Lipinski definition) is 2. The van der Waals surface area contributed by atoms with Crippen LogP contribution < -0.4 is 15.5 Å². The molecule has 1 aromatic carbocycles. The first-order chi connectivity index (χ1) is 14.6. The highest BCUT2D eigenvalue weighted by atomic mass is 35.5. The third kappa shape index (κ3) is 4.17. The molecule has 2 N–H and O–H groups in total. The van der Waals surface area contributed by atoms with Crippen molar-refractivity contribution in [3.63, 3.8) is 0 Å². The summed E-state index contributed by atoms with van der Waals surface area (Å²) in [6.07, 6.45) is 5.69. The lowest BCUT2D eigenvalue weighted by Crippen LogP contribution is -2.52. The number of nitrogens with zero attached hydrogens (tertiary/aromatic N) is 2. The van der Waals surface area contributed by atoms with Crippen LogP contribution in [0.5, 0.6) is 0 Å². The van der Waals surface area contributed by atoms with E-state index in [1.807, 2.05) is 12.1 Å². The van der Waals surface area contributed by atoms with Crippen LogP contribution in [0, 0.1) is 11.8 Å². The summed E-state index contributed by atoms with van der Waals surface area (Å²) in [4.78, 5) is 40.9. The number of piperidine rings is 3. The van der Waals surface area contributed by atoms with Gasteiger partial charge in [-0.05, 0) is 69.2 Å². The third-order valence-electron chi connectivity index (χ3n) is 7.49. The molecule has 0 spiro atoms. The average molecular weight is 447 g/mol. The molecule has 0 aromatic heterocycles. The molecule has 1 unspecified atom stereocenters. The molecule has 3 saturated heterocycles. The first-order valence-electron chi connectivity index (χ1n) is 11.3. The molecule has 1 aromatic rings. The number of carbonyl (C=O) groups excluding carboxylic acids is 3. The minimum atomic E-state index is -0.555. The van der Waals surface area contributed by atoms with E-state index in [4.69, 9.17) is 0 Å². The van der Waals surface area contributed by atoms with Gasteiger partial charge in [0, 0.05) is 42.9 Å². The fourth-order valence-corrected chi connectivity index (χ4v) is 5.79. The zero-order chi connectivity index (χ0) is 20.7. The van der Waals surface area contributed by atoms with Gasteiger partial charge < -0.3 is 15.1 Å². The molecule has 0 saturated carbocycles. The van der Waals surface area contributed by atoms with E-state index in [1.165, 1.54) is 25.7 Å². The molecule has 5 rings (SSSR count). The molecule has 0 radical (unpaired) electrons. The maximum atomic E-state index is 13.1. The van der Waals surface area contributed by atoms with Crippen molar-refractivity contribution in [3.8, 4) is 0 Å². The van der Waals surface area contributed by atoms with Gasteiger partial charge in [0.05, 0.1) is 0 Å². The van der Waals surface area contributed by atoms with Crippen molar-refractivity contribution in [3.05, 3.63) is 29.3 Å². The number of carbonyl (C=O) groups is 3.